The summed E-state index contributed by atoms with van der Waals surface area (Å²) in [5.41, 5.74) is 6.52. The number of rotatable bonds is 4. The van der Waals surface area contributed by atoms with E-state index in [0.717, 1.165) is 5.56 Å². The fourth-order valence-electron chi connectivity index (χ4n) is 1.66. The molecule has 1 atom stereocenters. The Morgan fingerprint density at radius 3 is 2.53 bits per heavy atom. The second kappa shape index (κ2) is 5.02. The minimum atomic E-state index is -0.536. The van der Waals surface area contributed by atoms with Gasteiger partial charge in [0.2, 0.25) is 0 Å². The van der Waals surface area contributed by atoms with Crippen molar-refractivity contribution in [3.63, 3.8) is 0 Å². The number of para-hydroxylation sites is 1. The molecule has 0 saturated heterocycles. The zero-order chi connectivity index (χ0) is 13.2. The lowest BCUT2D eigenvalue weighted by Gasteiger charge is -2.37. The molecular weight excluding hydrogens is 219 g/mol. The van der Waals surface area contributed by atoms with Crippen molar-refractivity contribution >= 4 is 5.69 Å². The van der Waals surface area contributed by atoms with Crippen molar-refractivity contribution in [1.82, 2.24) is 0 Å². The zero-order valence-corrected chi connectivity index (χ0v) is 10.9. The average molecular weight is 240 g/mol. The highest BCUT2D eigenvalue weighted by Crippen LogP contribution is 2.31. The fourth-order valence-corrected chi connectivity index (χ4v) is 1.66. The molecule has 0 radical (unpaired) electrons. The van der Waals surface area contributed by atoms with Gasteiger partial charge < -0.3 is 15.7 Å². The van der Waals surface area contributed by atoms with E-state index in [-0.39, 0.29) is 18.5 Å². The maximum atomic E-state index is 13.9. The second-order valence-electron chi connectivity index (χ2n) is 5.00. The summed E-state index contributed by atoms with van der Waals surface area (Å²) < 4.78 is 13.9. The highest BCUT2D eigenvalue weighted by atomic mass is 19.1. The first kappa shape index (κ1) is 13.9. The Balaban J connectivity index is 3.29. The van der Waals surface area contributed by atoms with Crippen molar-refractivity contribution in [2.75, 3.05) is 18.6 Å². The van der Waals surface area contributed by atoms with Gasteiger partial charge >= 0.3 is 0 Å². The van der Waals surface area contributed by atoms with Gasteiger partial charge in [0.1, 0.15) is 5.82 Å². The van der Waals surface area contributed by atoms with Crippen LogP contribution in [0.5, 0.6) is 0 Å². The van der Waals surface area contributed by atoms with Crippen LogP contribution < -0.4 is 10.6 Å². The standard InChI is InChI=1S/C13H21FN2O/c1-9(15)10-6-5-7-11(14)12(10)16(4)13(2,3)8-17/h5-7,9,17H,8,15H2,1-4H3/t9-/m1/s1. The molecule has 3 nitrogen and oxygen atoms in total. The van der Waals surface area contributed by atoms with Crippen molar-refractivity contribution in [3.05, 3.63) is 29.6 Å². The molecule has 0 saturated carbocycles. The second-order valence-corrected chi connectivity index (χ2v) is 5.00. The van der Waals surface area contributed by atoms with E-state index < -0.39 is 5.54 Å². The minimum absolute atomic E-state index is 0.0593. The normalized spacial score (nSPS) is 13.6. The molecule has 1 rings (SSSR count). The minimum Gasteiger partial charge on any atom is -0.394 e. The maximum Gasteiger partial charge on any atom is 0.146 e. The number of aliphatic hydroxyl groups is 1. The van der Waals surface area contributed by atoms with Gasteiger partial charge in [-0.15, -0.1) is 0 Å². The first-order chi connectivity index (χ1) is 7.81. The number of nitrogens with two attached hydrogens (primary N) is 1. The quantitative estimate of drug-likeness (QED) is 0.847. The summed E-state index contributed by atoms with van der Waals surface area (Å²) in [6.07, 6.45) is 0. The Morgan fingerprint density at radius 2 is 2.06 bits per heavy atom. The number of aliphatic hydroxyl groups excluding tert-OH is 1. The molecule has 1 aromatic carbocycles. The molecule has 0 aliphatic carbocycles. The van der Waals surface area contributed by atoms with Gasteiger partial charge in [-0.3, -0.25) is 0 Å². The molecule has 0 unspecified atom stereocenters. The van der Waals surface area contributed by atoms with E-state index in [1.165, 1.54) is 6.07 Å². The van der Waals surface area contributed by atoms with E-state index in [0.29, 0.717) is 5.69 Å². The Kier molecular flexibility index (Phi) is 4.11. The van der Waals surface area contributed by atoms with E-state index in [1.54, 1.807) is 18.0 Å². The Hall–Kier alpha value is -1.13. The molecular formula is C13H21FN2O. The average Bonchev–Trinajstić information content (AvgIpc) is 2.27. The fraction of sp³-hybridized carbons (Fsp3) is 0.538. The van der Waals surface area contributed by atoms with Crippen LogP contribution in [0.4, 0.5) is 10.1 Å². The highest BCUT2D eigenvalue weighted by molar-refractivity contribution is 5.57. The lowest BCUT2D eigenvalue weighted by atomic mass is 9.99. The maximum absolute atomic E-state index is 13.9. The number of benzene rings is 1. The number of hydrogen-bond acceptors (Lipinski definition) is 3. The van der Waals surface area contributed by atoms with E-state index in [9.17, 15) is 9.50 Å². The van der Waals surface area contributed by atoms with Crippen molar-refractivity contribution in [2.45, 2.75) is 32.4 Å². The van der Waals surface area contributed by atoms with Crippen LogP contribution in [-0.2, 0) is 0 Å². The first-order valence-corrected chi connectivity index (χ1v) is 5.70. The van der Waals surface area contributed by atoms with Gasteiger partial charge in [-0.25, -0.2) is 4.39 Å². The topological polar surface area (TPSA) is 49.5 Å². The molecule has 0 aliphatic heterocycles. The van der Waals surface area contributed by atoms with Gasteiger partial charge in [0.25, 0.3) is 0 Å². The molecule has 0 bridgehead atoms. The predicted octanol–water partition coefficient (Wildman–Crippen LogP) is 2.05. The Bertz CT molecular complexity index is 391. The van der Waals surface area contributed by atoms with Crippen molar-refractivity contribution in [1.29, 1.82) is 0 Å². The summed E-state index contributed by atoms with van der Waals surface area (Å²) in [4.78, 5) is 1.74. The molecule has 96 valence electrons. The van der Waals surface area contributed by atoms with Gasteiger partial charge in [0.05, 0.1) is 17.8 Å². The summed E-state index contributed by atoms with van der Waals surface area (Å²) in [5, 5.41) is 9.35. The first-order valence-electron chi connectivity index (χ1n) is 5.70. The van der Waals surface area contributed by atoms with E-state index in [1.807, 2.05) is 26.8 Å². The van der Waals surface area contributed by atoms with Crippen LogP contribution >= 0.6 is 0 Å². The van der Waals surface area contributed by atoms with Crippen molar-refractivity contribution < 1.29 is 9.50 Å². The summed E-state index contributed by atoms with van der Waals surface area (Å²) in [6.45, 7) is 5.46. The third-order valence-corrected chi connectivity index (χ3v) is 3.14. The molecule has 0 spiro atoms. The monoisotopic (exact) mass is 240 g/mol. The van der Waals surface area contributed by atoms with E-state index in [4.69, 9.17) is 5.73 Å². The largest absolute Gasteiger partial charge is 0.394 e. The van der Waals surface area contributed by atoms with Crippen molar-refractivity contribution in [2.24, 2.45) is 5.73 Å². The number of anilines is 1. The van der Waals surface area contributed by atoms with Crippen molar-refractivity contribution in [3.8, 4) is 0 Å². The van der Waals surface area contributed by atoms with Gasteiger partial charge in [-0.1, -0.05) is 12.1 Å². The Morgan fingerprint density at radius 1 is 1.47 bits per heavy atom. The van der Waals surface area contributed by atoms with Crippen LogP contribution in [0.15, 0.2) is 18.2 Å². The molecule has 1 aromatic rings. The number of halogens is 1. The molecule has 0 fully saturated rings. The van der Waals surface area contributed by atoms with Gasteiger partial charge in [0, 0.05) is 13.1 Å². The summed E-state index contributed by atoms with van der Waals surface area (Å²) in [7, 11) is 1.76. The van der Waals surface area contributed by atoms with Crippen LogP contribution in [0.25, 0.3) is 0 Å². The smallest absolute Gasteiger partial charge is 0.146 e. The molecule has 0 amide bonds. The lowest BCUT2D eigenvalue weighted by Crippen LogP contribution is -2.45. The molecule has 0 aromatic heterocycles. The van der Waals surface area contributed by atoms with Gasteiger partial charge in [-0.05, 0) is 32.4 Å². The summed E-state index contributed by atoms with van der Waals surface area (Å²) >= 11 is 0. The number of nitrogens with zero attached hydrogens (tertiary/aromatic N) is 1. The molecule has 4 heteroatoms. The van der Waals surface area contributed by atoms with Crippen LogP contribution in [0.3, 0.4) is 0 Å². The highest BCUT2D eigenvalue weighted by Gasteiger charge is 2.27. The SMILES string of the molecule is C[C@@H](N)c1cccc(F)c1N(C)C(C)(C)CO. The van der Waals surface area contributed by atoms with E-state index in [2.05, 4.69) is 0 Å². The molecule has 17 heavy (non-hydrogen) atoms. The van der Waals surface area contributed by atoms with Crippen LogP contribution in [0, 0.1) is 5.82 Å². The molecule has 0 aliphatic rings. The zero-order valence-electron chi connectivity index (χ0n) is 10.9. The molecule has 3 N–H and O–H groups in total. The number of likely N-dealkylation sites (N-methyl/N-ethyl adjacent to an activating group) is 1. The lowest BCUT2D eigenvalue weighted by molar-refractivity contribution is 0.215. The third-order valence-electron chi connectivity index (χ3n) is 3.14. The van der Waals surface area contributed by atoms with Gasteiger partial charge in [-0.2, -0.15) is 0 Å². The van der Waals surface area contributed by atoms with Crippen LogP contribution in [0.2, 0.25) is 0 Å². The number of hydrogen-bond donors (Lipinski definition) is 2. The van der Waals surface area contributed by atoms with Crippen LogP contribution in [0.1, 0.15) is 32.4 Å². The van der Waals surface area contributed by atoms with Crippen LogP contribution in [-0.4, -0.2) is 24.3 Å². The van der Waals surface area contributed by atoms with E-state index >= 15 is 0 Å². The molecule has 0 heterocycles. The predicted molar refractivity (Wildman–Crippen MR) is 68.6 cm³/mol. The summed E-state index contributed by atoms with van der Waals surface area (Å²) in [5.74, 6) is -0.316. The van der Waals surface area contributed by atoms with Gasteiger partial charge in [0.15, 0.2) is 0 Å². The Labute approximate surface area is 102 Å². The third kappa shape index (κ3) is 2.76. The summed E-state index contributed by atoms with van der Waals surface area (Å²) in [6, 6.07) is 4.62.